The number of rotatable bonds is 6. The lowest BCUT2D eigenvalue weighted by Crippen LogP contribution is -2.43. The molecule has 1 rings (SSSR count). The van der Waals surface area contributed by atoms with Crippen LogP contribution in [0.1, 0.15) is 46.5 Å². The molecule has 0 spiro atoms. The van der Waals surface area contributed by atoms with E-state index in [1.165, 1.54) is 12.8 Å². The topological polar surface area (TPSA) is 20.3 Å². The average molecular weight is 232 g/mol. The van der Waals surface area contributed by atoms with Gasteiger partial charge in [0.15, 0.2) is 0 Å². The van der Waals surface area contributed by atoms with Crippen LogP contribution in [-0.4, -0.2) is 29.3 Å². The van der Waals surface area contributed by atoms with E-state index >= 15 is 0 Å². The van der Waals surface area contributed by atoms with Gasteiger partial charge < -0.3 is 4.90 Å². The van der Waals surface area contributed by atoms with Gasteiger partial charge in [0.25, 0.3) is 0 Å². The first kappa shape index (κ1) is 12.8. The number of unbranched alkanes of at least 4 members (excludes halogenated alkanes) is 1. The van der Waals surface area contributed by atoms with E-state index in [4.69, 9.17) is 11.6 Å². The average Bonchev–Trinajstić information content (AvgIpc) is 3.02. The van der Waals surface area contributed by atoms with Crippen LogP contribution in [0.2, 0.25) is 0 Å². The van der Waals surface area contributed by atoms with E-state index < -0.39 is 5.41 Å². The molecule has 0 bridgehead atoms. The third kappa shape index (κ3) is 3.37. The van der Waals surface area contributed by atoms with Gasteiger partial charge >= 0.3 is 0 Å². The van der Waals surface area contributed by atoms with E-state index in [0.29, 0.717) is 11.9 Å². The van der Waals surface area contributed by atoms with Crippen molar-refractivity contribution in [3.63, 3.8) is 0 Å². The highest BCUT2D eigenvalue weighted by Gasteiger charge is 2.38. The van der Waals surface area contributed by atoms with Crippen molar-refractivity contribution in [2.24, 2.45) is 5.41 Å². The van der Waals surface area contributed by atoms with Crippen molar-refractivity contribution >= 4 is 17.5 Å². The van der Waals surface area contributed by atoms with Gasteiger partial charge in [0, 0.05) is 18.5 Å². The van der Waals surface area contributed by atoms with Crippen LogP contribution in [-0.2, 0) is 4.79 Å². The molecule has 0 radical (unpaired) electrons. The molecule has 1 aliphatic rings. The highest BCUT2D eigenvalue weighted by Crippen LogP contribution is 2.31. The van der Waals surface area contributed by atoms with Crippen LogP contribution >= 0.6 is 11.6 Å². The zero-order valence-electron chi connectivity index (χ0n) is 10.1. The number of hydrogen-bond acceptors (Lipinski definition) is 1. The zero-order chi connectivity index (χ0) is 11.5. The molecule has 0 aromatic rings. The quantitative estimate of drug-likeness (QED) is 0.644. The van der Waals surface area contributed by atoms with Crippen molar-refractivity contribution < 1.29 is 4.79 Å². The van der Waals surface area contributed by atoms with Crippen molar-refractivity contribution in [1.29, 1.82) is 0 Å². The third-order valence-electron chi connectivity index (χ3n) is 2.91. The van der Waals surface area contributed by atoms with Crippen LogP contribution in [0.15, 0.2) is 0 Å². The summed E-state index contributed by atoms with van der Waals surface area (Å²) in [6, 6.07) is 0.506. The summed E-state index contributed by atoms with van der Waals surface area (Å²) in [6.07, 6.45) is 4.58. The minimum absolute atomic E-state index is 0.230. The maximum Gasteiger partial charge on any atom is 0.229 e. The second-order valence-corrected chi connectivity index (χ2v) is 5.37. The molecule has 1 fully saturated rings. The standard InChI is InChI=1S/C12H22ClNO/c1-4-5-8-14(10-6-7-10)11(15)12(2,3)9-13/h10H,4-9H2,1-3H3. The third-order valence-corrected chi connectivity index (χ3v) is 3.58. The maximum atomic E-state index is 12.2. The van der Waals surface area contributed by atoms with Crippen LogP contribution in [0.3, 0.4) is 0 Å². The number of halogens is 1. The van der Waals surface area contributed by atoms with Crippen molar-refractivity contribution in [1.82, 2.24) is 4.90 Å². The predicted octanol–water partition coefficient (Wildman–Crippen LogP) is 3.04. The SMILES string of the molecule is CCCCN(C(=O)C(C)(C)CCl)C1CC1. The number of carbonyl (C=O) groups is 1. The van der Waals surface area contributed by atoms with E-state index in [1.54, 1.807) is 0 Å². The molecule has 0 atom stereocenters. The van der Waals surface area contributed by atoms with E-state index in [2.05, 4.69) is 6.92 Å². The first-order chi connectivity index (χ1) is 7.03. The summed E-state index contributed by atoms with van der Waals surface area (Å²) in [7, 11) is 0. The summed E-state index contributed by atoms with van der Waals surface area (Å²) in [6.45, 7) is 6.93. The van der Waals surface area contributed by atoms with Crippen LogP contribution in [0, 0.1) is 5.41 Å². The number of alkyl halides is 1. The Morgan fingerprint density at radius 1 is 1.47 bits per heavy atom. The second kappa shape index (κ2) is 5.20. The lowest BCUT2D eigenvalue weighted by Gasteiger charge is -2.30. The van der Waals surface area contributed by atoms with Crippen molar-refractivity contribution in [3.05, 3.63) is 0 Å². The molecule has 2 nitrogen and oxygen atoms in total. The molecule has 15 heavy (non-hydrogen) atoms. The summed E-state index contributed by atoms with van der Waals surface area (Å²) >= 11 is 5.84. The molecule has 3 heteroatoms. The first-order valence-electron chi connectivity index (χ1n) is 5.90. The molecule has 0 unspecified atom stereocenters. The molecule has 1 saturated carbocycles. The predicted molar refractivity (Wildman–Crippen MR) is 64.1 cm³/mol. The Balaban J connectivity index is 2.58. The highest BCUT2D eigenvalue weighted by molar-refractivity contribution is 6.19. The molecule has 1 aliphatic carbocycles. The monoisotopic (exact) mass is 231 g/mol. The molecule has 88 valence electrons. The number of carbonyl (C=O) groups excluding carboxylic acids is 1. The van der Waals surface area contributed by atoms with Crippen molar-refractivity contribution in [2.75, 3.05) is 12.4 Å². The number of amides is 1. The van der Waals surface area contributed by atoms with Crippen LogP contribution in [0.25, 0.3) is 0 Å². The van der Waals surface area contributed by atoms with Gasteiger partial charge in [-0.25, -0.2) is 0 Å². The van der Waals surface area contributed by atoms with Gasteiger partial charge in [0.05, 0.1) is 5.41 Å². The van der Waals surface area contributed by atoms with Crippen LogP contribution < -0.4 is 0 Å². The highest BCUT2D eigenvalue weighted by atomic mass is 35.5. The molecule has 0 aliphatic heterocycles. The largest absolute Gasteiger partial charge is 0.339 e. The molecule has 0 aromatic carbocycles. The smallest absolute Gasteiger partial charge is 0.229 e. The fourth-order valence-electron chi connectivity index (χ4n) is 1.61. The Hall–Kier alpha value is -0.240. The Morgan fingerprint density at radius 2 is 2.07 bits per heavy atom. The van der Waals surface area contributed by atoms with Gasteiger partial charge in [0.2, 0.25) is 5.91 Å². The molecule has 0 heterocycles. The molecule has 0 N–H and O–H groups in total. The summed E-state index contributed by atoms with van der Waals surface area (Å²) in [5.74, 6) is 0.634. The van der Waals surface area contributed by atoms with E-state index in [0.717, 1.165) is 19.4 Å². The maximum absolute atomic E-state index is 12.2. The molecule has 0 saturated heterocycles. The first-order valence-corrected chi connectivity index (χ1v) is 6.43. The van der Waals surface area contributed by atoms with Crippen LogP contribution in [0.5, 0.6) is 0 Å². The fraction of sp³-hybridized carbons (Fsp3) is 0.917. The Morgan fingerprint density at radius 3 is 2.47 bits per heavy atom. The molecule has 1 amide bonds. The van der Waals surface area contributed by atoms with Gasteiger partial charge in [-0.05, 0) is 33.1 Å². The summed E-state index contributed by atoms with van der Waals surface area (Å²) in [5.41, 5.74) is -0.405. The number of nitrogens with zero attached hydrogens (tertiary/aromatic N) is 1. The van der Waals surface area contributed by atoms with Crippen molar-refractivity contribution in [2.45, 2.75) is 52.5 Å². The minimum Gasteiger partial charge on any atom is -0.339 e. The zero-order valence-corrected chi connectivity index (χ0v) is 10.8. The number of hydrogen-bond donors (Lipinski definition) is 0. The minimum atomic E-state index is -0.405. The Bertz CT molecular complexity index is 224. The van der Waals surface area contributed by atoms with E-state index in [-0.39, 0.29) is 5.91 Å². The van der Waals surface area contributed by atoms with Gasteiger partial charge in [-0.15, -0.1) is 11.6 Å². The normalized spacial score (nSPS) is 16.5. The molecule has 0 aromatic heterocycles. The lowest BCUT2D eigenvalue weighted by atomic mass is 9.94. The molecular formula is C12H22ClNO. The van der Waals surface area contributed by atoms with Gasteiger partial charge in [-0.3, -0.25) is 4.79 Å². The summed E-state index contributed by atoms with van der Waals surface area (Å²) in [4.78, 5) is 14.3. The van der Waals surface area contributed by atoms with E-state index in [1.807, 2.05) is 18.7 Å². The Kier molecular flexibility index (Phi) is 4.45. The molecular weight excluding hydrogens is 210 g/mol. The van der Waals surface area contributed by atoms with Crippen molar-refractivity contribution in [3.8, 4) is 0 Å². The summed E-state index contributed by atoms with van der Waals surface area (Å²) < 4.78 is 0. The van der Waals surface area contributed by atoms with E-state index in [9.17, 15) is 4.79 Å². The van der Waals surface area contributed by atoms with Crippen LogP contribution in [0.4, 0.5) is 0 Å². The fourth-order valence-corrected chi connectivity index (χ4v) is 1.72. The van der Waals surface area contributed by atoms with Gasteiger partial charge in [-0.1, -0.05) is 13.3 Å². The summed E-state index contributed by atoms with van der Waals surface area (Å²) in [5, 5.41) is 0. The lowest BCUT2D eigenvalue weighted by molar-refractivity contribution is -0.139. The van der Waals surface area contributed by atoms with Gasteiger partial charge in [0.1, 0.15) is 0 Å². The van der Waals surface area contributed by atoms with Gasteiger partial charge in [-0.2, -0.15) is 0 Å². The second-order valence-electron chi connectivity index (χ2n) is 5.10. The Labute approximate surface area is 98.0 Å².